The molecule has 2 aliphatic rings. The Bertz CT molecular complexity index is 1300. The molecule has 0 aromatic heterocycles. The van der Waals surface area contributed by atoms with Crippen molar-refractivity contribution in [3.63, 3.8) is 0 Å². The molecule has 4 rings (SSSR count). The molecular formula is C25H25N2O2Se+. The van der Waals surface area contributed by atoms with E-state index in [1.807, 2.05) is 24.3 Å². The molecule has 0 atom stereocenters. The summed E-state index contributed by atoms with van der Waals surface area (Å²) in [4.78, 5) is 14.7. The van der Waals surface area contributed by atoms with Gasteiger partial charge in [0, 0.05) is 0 Å². The molecule has 1 aliphatic heterocycles. The second-order valence-electron chi connectivity index (χ2n) is 7.66. The van der Waals surface area contributed by atoms with Gasteiger partial charge in [-0.3, -0.25) is 0 Å². The summed E-state index contributed by atoms with van der Waals surface area (Å²) >= 11 is 0.173. The first kappa shape index (κ1) is 20.4. The number of esters is 1. The van der Waals surface area contributed by atoms with Gasteiger partial charge in [0.2, 0.25) is 0 Å². The van der Waals surface area contributed by atoms with Crippen LogP contribution in [0, 0.1) is 0 Å². The van der Waals surface area contributed by atoms with Crippen LogP contribution in [0.4, 0.5) is 5.69 Å². The van der Waals surface area contributed by atoms with E-state index in [0.29, 0.717) is 5.56 Å². The molecule has 4 nitrogen and oxygen atoms in total. The molecule has 0 radical (unpaired) electrons. The van der Waals surface area contributed by atoms with Gasteiger partial charge < -0.3 is 0 Å². The molecule has 30 heavy (non-hydrogen) atoms. The molecule has 2 aromatic carbocycles. The van der Waals surface area contributed by atoms with Crippen LogP contribution in [0.3, 0.4) is 0 Å². The van der Waals surface area contributed by atoms with Crippen molar-refractivity contribution in [3.05, 3.63) is 71.6 Å². The number of carbonyl (C=O) groups excluding carboxylic acids is 1. The molecule has 0 saturated carbocycles. The topological polar surface area (TPSA) is 32.6 Å². The summed E-state index contributed by atoms with van der Waals surface area (Å²) < 4.78 is 9.86. The normalized spacial score (nSPS) is 11.0. The van der Waals surface area contributed by atoms with Gasteiger partial charge >= 0.3 is 183 Å². The van der Waals surface area contributed by atoms with Crippen LogP contribution in [-0.2, 0) is 4.74 Å². The number of nitrogens with zero attached hydrogens (tertiary/aromatic N) is 2. The van der Waals surface area contributed by atoms with Gasteiger partial charge in [-0.25, -0.2) is 0 Å². The minimum absolute atomic E-state index is 0.173. The Balaban J connectivity index is 2.17. The van der Waals surface area contributed by atoms with Crippen LogP contribution in [0.15, 0.2) is 60.7 Å². The molecule has 5 heteroatoms. The van der Waals surface area contributed by atoms with Gasteiger partial charge in [0.05, 0.1) is 0 Å². The van der Waals surface area contributed by atoms with Gasteiger partial charge in [-0.15, -0.1) is 0 Å². The number of hydrogen-bond acceptors (Lipinski definition) is 3. The number of carbonyl (C=O) groups is 1. The van der Waals surface area contributed by atoms with Crippen LogP contribution in [0.1, 0.15) is 10.4 Å². The fourth-order valence-corrected chi connectivity index (χ4v) is 6.13. The Morgan fingerprint density at radius 2 is 1.73 bits per heavy atom. The minimum atomic E-state index is -0.313. The van der Waals surface area contributed by atoms with Crippen molar-refractivity contribution < 1.29 is 9.53 Å². The predicted molar refractivity (Wildman–Crippen MR) is 126 cm³/mol. The summed E-state index contributed by atoms with van der Waals surface area (Å²) in [6.45, 7) is 0. The maximum absolute atomic E-state index is 12.5. The standard InChI is InChI=1S/C25H25N2O2Se/c1-26(2)16-10-12-20-22(14-16)30-23-15-17(27(3)4)11-13-21(23)24(20)18-8-6-7-9-19(18)25(28)29-5/h6-15H,1-5H3/q+1. The number of ether oxygens (including phenoxy) is 1. The maximum atomic E-state index is 12.5. The molecule has 2 aromatic rings. The van der Waals surface area contributed by atoms with Gasteiger partial charge in [0.15, 0.2) is 0 Å². The number of methoxy groups -OCH3 is 1. The molecule has 1 aliphatic carbocycles. The van der Waals surface area contributed by atoms with E-state index in [1.54, 1.807) is 0 Å². The third-order valence-electron chi connectivity index (χ3n) is 5.32. The summed E-state index contributed by atoms with van der Waals surface area (Å²) in [6, 6.07) is 21.0. The summed E-state index contributed by atoms with van der Waals surface area (Å²) in [5.74, 6) is -0.313. The van der Waals surface area contributed by atoms with Crippen LogP contribution in [-0.4, -0.2) is 55.8 Å². The first-order valence-electron chi connectivity index (χ1n) is 9.76. The van der Waals surface area contributed by atoms with Gasteiger partial charge in [-0.2, -0.15) is 0 Å². The molecule has 0 spiro atoms. The summed E-state index contributed by atoms with van der Waals surface area (Å²) in [5.41, 5.74) is 4.99. The van der Waals surface area contributed by atoms with E-state index in [-0.39, 0.29) is 20.5 Å². The van der Waals surface area contributed by atoms with Gasteiger partial charge in [-0.1, -0.05) is 0 Å². The first-order valence-corrected chi connectivity index (χ1v) is 11.5. The van der Waals surface area contributed by atoms with E-state index in [1.165, 1.54) is 37.8 Å². The molecule has 0 N–H and O–H groups in total. The fourth-order valence-electron chi connectivity index (χ4n) is 3.70. The molecular weight excluding hydrogens is 439 g/mol. The van der Waals surface area contributed by atoms with Crippen molar-refractivity contribution in [3.8, 4) is 21.1 Å². The Morgan fingerprint density at radius 1 is 0.967 bits per heavy atom. The SMILES string of the molecule is COC(=O)c1ccccc1-c1c2ccc(=[N+](C)C)cc-2[se]c2cc(N(C)C)ccc12. The Morgan fingerprint density at radius 3 is 2.43 bits per heavy atom. The second kappa shape index (κ2) is 8.10. The molecule has 1 heterocycles. The molecule has 0 amide bonds. The summed E-state index contributed by atoms with van der Waals surface area (Å²) in [5, 5.41) is 2.38. The molecule has 0 unspecified atom stereocenters. The fraction of sp³-hybridized carbons (Fsp3) is 0.200. The van der Waals surface area contributed by atoms with Crippen LogP contribution >= 0.6 is 0 Å². The number of fused-ring (bicyclic) bond motifs is 2. The number of benzene rings is 3. The van der Waals surface area contributed by atoms with Gasteiger partial charge in [-0.05, 0) is 0 Å². The predicted octanol–water partition coefficient (Wildman–Crippen LogP) is 3.55. The zero-order chi connectivity index (χ0) is 21.4. The van der Waals surface area contributed by atoms with Crippen molar-refractivity contribution in [1.29, 1.82) is 0 Å². The van der Waals surface area contributed by atoms with Crippen molar-refractivity contribution in [2.24, 2.45) is 0 Å². The number of anilines is 1. The summed E-state index contributed by atoms with van der Waals surface area (Å²) in [6.07, 6.45) is 0. The van der Waals surface area contributed by atoms with E-state index in [0.717, 1.165) is 11.1 Å². The van der Waals surface area contributed by atoms with Gasteiger partial charge in [0.25, 0.3) is 0 Å². The van der Waals surface area contributed by atoms with Crippen molar-refractivity contribution in [1.82, 2.24) is 4.58 Å². The van der Waals surface area contributed by atoms with Crippen molar-refractivity contribution in [2.45, 2.75) is 0 Å². The van der Waals surface area contributed by atoms with Crippen LogP contribution in [0.5, 0.6) is 0 Å². The zero-order valence-corrected chi connectivity index (χ0v) is 19.6. The van der Waals surface area contributed by atoms with Crippen LogP contribution < -0.4 is 14.8 Å². The van der Waals surface area contributed by atoms with Crippen molar-refractivity contribution >= 4 is 35.8 Å². The third kappa shape index (κ3) is 3.55. The van der Waals surface area contributed by atoms with Crippen LogP contribution in [0.25, 0.3) is 30.8 Å². The van der Waals surface area contributed by atoms with E-state index >= 15 is 0 Å². The molecule has 0 bridgehead atoms. The molecule has 152 valence electrons. The van der Waals surface area contributed by atoms with E-state index in [9.17, 15) is 4.79 Å². The number of rotatable bonds is 3. The zero-order valence-electron chi connectivity index (χ0n) is 17.9. The van der Waals surface area contributed by atoms with E-state index in [2.05, 4.69) is 74.1 Å². The Labute approximate surface area is 182 Å². The second-order valence-corrected chi connectivity index (χ2v) is 9.94. The van der Waals surface area contributed by atoms with Crippen LogP contribution in [0.2, 0.25) is 0 Å². The number of hydrogen-bond donors (Lipinski definition) is 0. The Hall–Kier alpha value is -2.88. The van der Waals surface area contributed by atoms with Gasteiger partial charge in [0.1, 0.15) is 0 Å². The van der Waals surface area contributed by atoms with Crippen molar-refractivity contribution in [2.75, 3.05) is 40.2 Å². The van der Waals surface area contributed by atoms with E-state index in [4.69, 9.17) is 4.74 Å². The monoisotopic (exact) mass is 465 g/mol. The average Bonchev–Trinajstić information content (AvgIpc) is 2.76. The summed E-state index contributed by atoms with van der Waals surface area (Å²) in [7, 11) is 9.68. The third-order valence-corrected chi connectivity index (χ3v) is 7.66. The quantitative estimate of drug-likeness (QED) is 0.201. The molecule has 0 fully saturated rings. The Kier molecular flexibility index (Phi) is 5.50. The first-order chi connectivity index (χ1) is 14.4. The van der Waals surface area contributed by atoms with E-state index < -0.39 is 0 Å². The average molecular weight is 464 g/mol. The molecule has 0 saturated heterocycles.